The van der Waals surface area contributed by atoms with Crippen LogP contribution in [-0.4, -0.2) is 48.3 Å². The van der Waals surface area contributed by atoms with Gasteiger partial charge in [-0.2, -0.15) is 4.99 Å². The molecule has 2 fully saturated rings. The number of halogens is 1. The number of carboxylic acid groups (broad SMARTS) is 1. The molecule has 1 aromatic rings. The summed E-state index contributed by atoms with van der Waals surface area (Å²) in [6.45, 7) is 0. The minimum atomic E-state index is -3.24. The number of amides is 1. The number of aliphatic carboxylic acids is 1. The number of hydrogen-bond donors (Lipinski definition) is 0. The van der Waals surface area contributed by atoms with Crippen LogP contribution in [0.2, 0.25) is 0 Å². The fraction of sp³-hybridized carbons (Fsp3) is 0.400. The van der Waals surface area contributed by atoms with E-state index in [-0.39, 0.29) is 34.0 Å². The smallest absolute Gasteiger partial charge is 0.248 e. The number of anilines is 1. The first-order valence-corrected chi connectivity index (χ1v) is 10.2. The van der Waals surface area contributed by atoms with Gasteiger partial charge in [0.15, 0.2) is 15.0 Å². The molecule has 2 aliphatic heterocycles. The van der Waals surface area contributed by atoms with Gasteiger partial charge in [-0.1, -0.05) is 23.9 Å². The molecule has 2 heterocycles. The molecule has 0 N–H and O–H groups in total. The Balaban J connectivity index is 1.94. The molecule has 0 unspecified atom stereocenters. The fourth-order valence-corrected chi connectivity index (χ4v) is 6.79. The maximum atomic E-state index is 14.2. The molecular formula is C15H14FN2O5S2-. The number of nitrogens with zero attached hydrogens (tertiary/aromatic N) is 2. The summed E-state index contributed by atoms with van der Waals surface area (Å²) in [5.41, 5.74) is 0.144. The Kier molecular flexibility index (Phi) is 4.83. The summed E-state index contributed by atoms with van der Waals surface area (Å²) >= 11 is 1.10. The van der Waals surface area contributed by atoms with Crippen molar-refractivity contribution in [3.05, 3.63) is 30.1 Å². The summed E-state index contributed by atoms with van der Waals surface area (Å²) in [5, 5.41) is 10.3. The van der Waals surface area contributed by atoms with Gasteiger partial charge in [-0.05, 0) is 18.6 Å². The van der Waals surface area contributed by atoms with Crippen molar-refractivity contribution in [3.63, 3.8) is 0 Å². The molecule has 0 bridgehead atoms. The summed E-state index contributed by atoms with van der Waals surface area (Å²) in [7, 11) is -3.24. The van der Waals surface area contributed by atoms with E-state index in [0.717, 1.165) is 11.8 Å². The molecule has 0 aromatic heterocycles. The van der Waals surface area contributed by atoms with E-state index in [1.807, 2.05) is 0 Å². The molecule has 0 spiro atoms. The van der Waals surface area contributed by atoms with Crippen LogP contribution in [0.25, 0.3) is 0 Å². The Morgan fingerprint density at radius 2 is 2.00 bits per heavy atom. The predicted molar refractivity (Wildman–Crippen MR) is 89.4 cm³/mol. The van der Waals surface area contributed by atoms with Crippen molar-refractivity contribution < 1.29 is 27.5 Å². The average Bonchev–Trinajstić information content (AvgIpc) is 2.97. The first kappa shape index (κ1) is 17.9. The maximum absolute atomic E-state index is 14.2. The standard InChI is InChI=1S/C15H15FN2O5S2/c16-9-3-1-2-4-10(9)18-11-7-25(22,23)8-12(11)24-15(18)17-13(19)5-6-14(20)21/h1-4,11-12H,5-8H2,(H,20,21)/p-1/t11-,12-/m0/s1. The van der Waals surface area contributed by atoms with Crippen molar-refractivity contribution in [1.29, 1.82) is 0 Å². The number of para-hydroxylation sites is 1. The molecule has 1 aromatic carbocycles. The normalized spacial score (nSPS) is 26.0. The Hall–Kier alpha value is -1.94. The molecule has 10 heteroatoms. The Morgan fingerprint density at radius 3 is 2.68 bits per heavy atom. The summed E-state index contributed by atoms with van der Waals surface area (Å²) in [5.74, 6) is -2.80. The van der Waals surface area contributed by atoms with Gasteiger partial charge in [-0.3, -0.25) is 4.79 Å². The number of amidine groups is 1. The number of thioether (sulfide) groups is 1. The van der Waals surface area contributed by atoms with Crippen LogP contribution < -0.4 is 10.0 Å². The minimum Gasteiger partial charge on any atom is -0.550 e. The summed E-state index contributed by atoms with van der Waals surface area (Å²) < 4.78 is 38.0. The van der Waals surface area contributed by atoms with Crippen LogP contribution in [-0.2, 0) is 19.4 Å². The molecule has 1 amide bonds. The second-order valence-corrected chi connectivity index (χ2v) is 9.14. The van der Waals surface area contributed by atoms with E-state index < -0.39 is 40.0 Å². The first-order valence-electron chi connectivity index (χ1n) is 7.49. The third-order valence-corrected chi connectivity index (χ3v) is 7.15. The van der Waals surface area contributed by atoms with Crippen molar-refractivity contribution in [2.24, 2.45) is 4.99 Å². The second-order valence-electron chi connectivity index (χ2n) is 5.78. The van der Waals surface area contributed by atoms with E-state index in [4.69, 9.17) is 0 Å². The lowest BCUT2D eigenvalue weighted by Gasteiger charge is -2.24. The van der Waals surface area contributed by atoms with Crippen molar-refractivity contribution in [3.8, 4) is 0 Å². The number of carbonyl (C=O) groups is 2. The third-order valence-electron chi connectivity index (χ3n) is 3.94. The van der Waals surface area contributed by atoms with Crippen LogP contribution in [0.1, 0.15) is 12.8 Å². The van der Waals surface area contributed by atoms with Gasteiger partial charge in [0.25, 0.3) is 0 Å². The monoisotopic (exact) mass is 385 g/mol. The highest BCUT2D eigenvalue weighted by Gasteiger charge is 2.49. The van der Waals surface area contributed by atoms with Crippen molar-refractivity contribution in [1.82, 2.24) is 0 Å². The molecule has 25 heavy (non-hydrogen) atoms. The van der Waals surface area contributed by atoms with Crippen LogP contribution in [0.3, 0.4) is 0 Å². The van der Waals surface area contributed by atoms with Gasteiger partial charge < -0.3 is 14.8 Å². The Labute approximate surface area is 147 Å². The number of aliphatic imine (C=N–C) groups is 1. The molecule has 0 radical (unpaired) electrons. The van der Waals surface area contributed by atoms with E-state index in [0.29, 0.717) is 0 Å². The summed E-state index contributed by atoms with van der Waals surface area (Å²) in [6, 6.07) is 5.33. The number of benzene rings is 1. The van der Waals surface area contributed by atoms with Crippen LogP contribution in [0.5, 0.6) is 0 Å². The van der Waals surface area contributed by atoms with Crippen LogP contribution in [0.4, 0.5) is 10.1 Å². The molecule has 134 valence electrons. The zero-order valence-electron chi connectivity index (χ0n) is 12.9. The van der Waals surface area contributed by atoms with Crippen molar-refractivity contribution >= 4 is 44.3 Å². The highest BCUT2D eigenvalue weighted by atomic mass is 32.2. The Morgan fingerprint density at radius 1 is 1.28 bits per heavy atom. The van der Waals surface area contributed by atoms with E-state index in [1.165, 1.54) is 23.1 Å². The molecule has 7 nitrogen and oxygen atoms in total. The van der Waals surface area contributed by atoms with Gasteiger partial charge in [0, 0.05) is 17.6 Å². The third kappa shape index (κ3) is 3.84. The molecule has 0 aliphatic carbocycles. The van der Waals surface area contributed by atoms with Gasteiger partial charge in [-0.15, -0.1) is 0 Å². The zero-order chi connectivity index (χ0) is 18.2. The Bertz CT molecular complexity index is 855. The number of carboxylic acids is 1. The molecule has 3 rings (SSSR count). The van der Waals surface area contributed by atoms with E-state index >= 15 is 0 Å². The van der Waals surface area contributed by atoms with Crippen LogP contribution in [0.15, 0.2) is 29.3 Å². The second kappa shape index (κ2) is 6.75. The van der Waals surface area contributed by atoms with Crippen LogP contribution in [0, 0.1) is 5.82 Å². The zero-order valence-corrected chi connectivity index (χ0v) is 14.6. The molecule has 0 saturated carbocycles. The maximum Gasteiger partial charge on any atom is 0.248 e. The van der Waals surface area contributed by atoms with Crippen LogP contribution >= 0.6 is 11.8 Å². The lowest BCUT2D eigenvalue weighted by molar-refractivity contribution is -0.305. The van der Waals surface area contributed by atoms with E-state index in [9.17, 15) is 27.5 Å². The van der Waals surface area contributed by atoms with Gasteiger partial charge in [-0.25, -0.2) is 12.8 Å². The highest BCUT2D eigenvalue weighted by molar-refractivity contribution is 8.16. The topological polar surface area (TPSA) is 107 Å². The minimum absolute atomic E-state index is 0.0699. The van der Waals surface area contributed by atoms with Crippen molar-refractivity contribution in [2.75, 3.05) is 16.4 Å². The average molecular weight is 385 g/mol. The SMILES string of the molecule is O=C([O-])CCC(=O)N=C1S[C@H]2CS(=O)(=O)C[C@@H]2N1c1ccccc1F. The largest absolute Gasteiger partial charge is 0.550 e. The number of hydrogen-bond acceptors (Lipinski definition) is 6. The lowest BCUT2D eigenvalue weighted by Crippen LogP contribution is -2.38. The van der Waals surface area contributed by atoms with E-state index in [1.54, 1.807) is 6.07 Å². The molecule has 2 saturated heterocycles. The molecular weight excluding hydrogens is 371 g/mol. The van der Waals surface area contributed by atoms with Crippen molar-refractivity contribution in [2.45, 2.75) is 24.1 Å². The summed E-state index contributed by atoms with van der Waals surface area (Å²) in [6.07, 6.45) is -0.785. The fourth-order valence-electron chi connectivity index (χ4n) is 2.86. The van der Waals surface area contributed by atoms with Gasteiger partial charge in [0.1, 0.15) is 5.82 Å². The van der Waals surface area contributed by atoms with Gasteiger partial charge in [0.05, 0.1) is 23.2 Å². The first-order chi connectivity index (χ1) is 11.8. The van der Waals surface area contributed by atoms with Gasteiger partial charge in [0.2, 0.25) is 5.91 Å². The van der Waals surface area contributed by atoms with E-state index in [2.05, 4.69) is 4.99 Å². The predicted octanol–water partition coefficient (Wildman–Crippen LogP) is -0.0428. The highest BCUT2D eigenvalue weighted by Crippen LogP contribution is 2.41. The lowest BCUT2D eigenvalue weighted by atomic mass is 10.2. The number of fused-ring (bicyclic) bond motifs is 1. The molecule has 2 atom stereocenters. The quantitative estimate of drug-likeness (QED) is 0.716. The number of sulfone groups is 1. The summed E-state index contributed by atoms with van der Waals surface area (Å²) in [4.78, 5) is 27.7. The van der Waals surface area contributed by atoms with Gasteiger partial charge >= 0.3 is 0 Å². The molecule has 2 aliphatic rings. The number of carbonyl (C=O) groups excluding carboxylic acids is 2. The number of rotatable bonds is 4.